The van der Waals surface area contributed by atoms with Gasteiger partial charge in [0.05, 0.1) is 11.2 Å². The van der Waals surface area contributed by atoms with Crippen LogP contribution in [0.2, 0.25) is 5.02 Å². The number of aromatic nitrogens is 2. The molecule has 0 spiro atoms. The van der Waals surface area contributed by atoms with E-state index < -0.39 is 0 Å². The zero-order chi connectivity index (χ0) is 12.4. The Morgan fingerprint density at radius 3 is 3.06 bits per heavy atom. The van der Waals surface area contributed by atoms with E-state index in [9.17, 15) is 4.79 Å². The highest BCUT2D eigenvalue weighted by molar-refractivity contribution is 6.33. The Hall–Kier alpha value is -0.870. The summed E-state index contributed by atoms with van der Waals surface area (Å²) in [5, 5.41) is 4.59. The first-order valence-electron chi connectivity index (χ1n) is 5.93. The first-order chi connectivity index (χ1) is 8.09. The van der Waals surface area contributed by atoms with Crippen LogP contribution in [0.4, 0.5) is 0 Å². The van der Waals surface area contributed by atoms with Crippen molar-refractivity contribution in [1.82, 2.24) is 9.78 Å². The molecule has 1 saturated heterocycles. The van der Waals surface area contributed by atoms with Gasteiger partial charge in [-0.05, 0) is 26.2 Å². The van der Waals surface area contributed by atoms with Crippen LogP contribution in [-0.4, -0.2) is 28.8 Å². The molecule has 17 heavy (non-hydrogen) atoms. The van der Waals surface area contributed by atoms with Crippen LogP contribution in [0.1, 0.15) is 43.2 Å². The number of hydrogen-bond donors (Lipinski definition) is 0. The second-order valence-corrected chi connectivity index (χ2v) is 5.14. The number of ketones is 1. The predicted molar refractivity (Wildman–Crippen MR) is 65.5 cm³/mol. The number of nitrogens with zero attached hydrogens (tertiary/aromatic N) is 2. The summed E-state index contributed by atoms with van der Waals surface area (Å²) in [5.41, 5.74) is 0.536. The maximum atomic E-state index is 12.2. The van der Waals surface area contributed by atoms with Gasteiger partial charge in [-0.1, -0.05) is 11.6 Å². The van der Waals surface area contributed by atoms with Gasteiger partial charge in [-0.25, -0.2) is 0 Å². The molecule has 0 radical (unpaired) electrons. The van der Waals surface area contributed by atoms with Gasteiger partial charge in [-0.2, -0.15) is 5.10 Å². The molecule has 2 heterocycles. The molecule has 0 aliphatic carbocycles. The summed E-state index contributed by atoms with van der Waals surface area (Å²) in [6, 6.07) is 0.140. The first-order valence-corrected chi connectivity index (χ1v) is 6.31. The van der Waals surface area contributed by atoms with E-state index in [0.29, 0.717) is 29.7 Å². The molecule has 0 aromatic carbocycles. The zero-order valence-electron chi connectivity index (χ0n) is 10.1. The second-order valence-electron chi connectivity index (χ2n) is 4.74. The van der Waals surface area contributed by atoms with Crippen LogP contribution in [0.3, 0.4) is 0 Å². The van der Waals surface area contributed by atoms with Crippen molar-refractivity contribution in [2.75, 3.05) is 13.2 Å². The molecular formula is C12H17ClN2O2. The maximum Gasteiger partial charge on any atom is 0.182 e. The van der Waals surface area contributed by atoms with Crippen molar-refractivity contribution >= 4 is 17.4 Å². The minimum atomic E-state index is 0.0664. The van der Waals surface area contributed by atoms with E-state index in [1.807, 2.05) is 13.8 Å². The quantitative estimate of drug-likeness (QED) is 0.778. The Labute approximate surface area is 106 Å². The third-order valence-corrected chi connectivity index (χ3v) is 3.28. The number of halogens is 1. The molecule has 0 bridgehead atoms. The second kappa shape index (κ2) is 5.19. The van der Waals surface area contributed by atoms with Gasteiger partial charge in [-0.3, -0.25) is 9.48 Å². The third-order valence-electron chi connectivity index (χ3n) is 3.00. The van der Waals surface area contributed by atoms with Gasteiger partial charge < -0.3 is 4.74 Å². The van der Waals surface area contributed by atoms with E-state index in [1.54, 1.807) is 10.9 Å². The molecule has 4 nitrogen and oxygen atoms in total. The average molecular weight is 257 g/mol. The van der Waals surface area contributed by atoms with Crippen LogP contribution in [-0.2, 0) is 4.74 Å². The molecular weight excluding hydrogens is 240 g/mol. The fourth-order valence-corrected chi connectivity index (χ4v) is 2.33. The van der Waals surface area contributed by atoms with Gasteiger partial charge >= 0.3 is 0 Å². The van der Waals surface area contributed by atoms with Crippen molar-refractivity contribution in [3.63, 3.8) is 0 Å². The third kappa shape index (κ3) is 2.69. The Kier molecular flexibility index (Phi) is 3.84. The van der Waals surface area contributed by atoms with Crippen LogP contribution in [0, 0.1) is 5.92 Å². The molecule has 1 aliphatic heterocycles. The lowest BCUT2D eigenvalue weighted by Crippen LogP contribution is -2.16. The largest absolute Gasteiger partial charge is 0.381 e. The highest BCUT2D eigenvalue weighted by Gasteiger charge is 2.24. The van der Waals surface area contributed by atoms with Crippen molar-refractivity contribution in [2.24, 2.45) is 5.92 Å². The zero-order valence-corrected chi connectivity index (χ0v) is 10.9. The van der Waals surface area contributed by atoms with Gasteiger partial charge in [0.1, 0.15) is 5.69 Å². The lowest BCUT2D eigenvalue weighted by atomic mass is 10.0. The van der Waals surface area contributed by atoms with E-state index in [4.69, 9.17) is 16.3 Å². The Bertz CT molecular complexity index is 409. The van der Waals surface area contributed by atoms with Gasteiger partial charge in [-0.15, -0.1) is 0 Å². The van der Waals surface area contributed by atoms with E-state index >= 15 is 0 Å². The molecule has 1 aromatic heterocycles. The Morgan fingerprint density at radius 2 is 2.47 bits per heavy atom. The first kappa shape index (κ1) is 12.6. The summed E-state index contributed by atoms with van der Waals surface area (Å²) in [4.78, 5) is 12.2. The molecule has 1 unspecified atom stereocenters. The number of Topliss-reactive ketones (excluding diaryl/α,β-unsaturated/α-hetero) is 1. The normalized spacial score (nSPS) is 20.1. The molecule has 94 valence electrons. The smallest absolute Gasteiger partial charge is 0.182 e. The topological polar surface area (TPSA) is 44.1 Å². The number of carbonyl (C=O) groups excluding carboxylic acids is 1. The van der Waals surface area contributed by atoms with Crippen molar-refractivity contribution in [1.29, 1.82) is 0 Å². The van der Waals surface area contributed by atoms with Gasteiger partial charge in [0.15, 0.2) is 5.78 Å². The van der Waals surface area contributed by atoms with E-state index in [1.165, 1.54) is 0 Å². The van der Waals surface area contributed by atoms with Crippen LogP contribution in [0.15, 0.2) is 6.20 Å². The lowest BCUT2D eigenvalue weighted by Gasteiger charge is -2.12. The average Bonchev–Trinajstić information content (AvgIpc) is 2.86. The van der Waals surface area contributed by atoms with Crippen LogP contribution in [0.5, 0.6) is 0 Å². The van der Waals surface area contributed by atoms with Gasteiger partial charge in [0, 0.05) is 25.7 Å². The summed E-state index contributed by atoms with van der Waals surface area (Å²) in [6.45, 7) is 5.41. The number of carbonyl (C=O) groups is 1. The Balaban J connectivity index is 2.14. The number of hydrogen-bond acceptors (Lipinski definition) is 3. The highest BCUT2D eigenvalue weighted by atomic mass is 35.5. The molecule has 1 atom stereocenters. The standard InChI is InChI=1S/C12H17ClN2O2/c1-8(2)15-12(10(13)6-14-15)11(16)5-9-3-4-17-7-9/h6,8-9H,3-5,7H2,1-2H3. The monoisotopic (exact) mass is 256 g/mol. The minimum absolute atomic E-state index is 0.0664. The van der Waals surface area contributed by atoms with Crippen LogP contribution in [0.25, 0.3) is 0 Å². The molecule has 5 heteroatoms. The molecule has 1 fully saturated rings. The fraction of sp³-hybridized carbons (Fsp3) is 0.667. The van der Waals surface area contributed by atoms with Crippen molar-refractivity contribution in [2.45, 2.75) is 32.7 Å². The van der Waals surface area contributed by atoms with Crippen LogP contribution < -0.4 is 0 Å². The highest BCUT2D eigenvalue weighted by Crippen LogP contribution is 2.24. The summed E-state index contributed by atoms with van der Waals surface area (Å²) in [6.07, 6.45) is 3.00. The SMILES string of the molecule is CC(C)n1ncc(Cl)c1C(=O)CC1CCOC1. The van der Waals surface area contributed by atoms with E-state index in [2.05, 4.69) is 5.10 Å². The summed E-state index contributed by atoms with van der Waals surface area (Å²) in [5.74, 6) is 0.394. The molecule has 1 aromatic rings. The molecule has 1 aliphatic rings. The summed E-state index contributed by atoms with van der Waals surface area (Å²) >= 11 is 6.03. The molecule has 0 amide bonds. The van der Waals surface area contributed by atoms with E-state index in [0.717, 1.165) is 13.0 Å². The summed E-state index contributed by atoms with van der Waals surface area (Å²) < 4.78 is 6.97. The van der Waals surface area contributed by atoms with Crippen molar-refractivity contribution in [3.8, 4) is 0 Å². The fourth-order valence-electron chi connectivity index (χ4n) is 2.10. The predicted octanol–water partition coefficient (Wildman–Crippen LogP) is 2.73. The molecule has 0 N–H and O–H groups in total. The van der Waals surface area contributed by atoms with Gasteiger partial charge in [0.25, 0.3) is 0 Å². The lowest BCUT2D eigenvalue weighted by molar-refractivity contribution is 0.0940. The van der Waals surface area contributed by atoms with E-state index in [-0.39, 0.29) is 11.8 Å². The summed E-state index contributed by atoms with van der Waals surface area (Å²) in [7, 11) is 0. The van der Waals surface area contributed by atoms with Crippen molar-refractivity contribution < 1.29 is 9.53 Å². The van der Waals surface area contributed by atoms with Crippen molar-refractivity contribution in [3.05, 3.63) is 16.9 Å². The Morgan fingerprint density at radius 1 is 1.71 bits per heavy atom. The molecule has 2 rings (SSSR count). The van der Waals surface area contributed by atoms with Crippen LogP contribution >= 0.6 is 11.6 Å². The molecule has 0 saturated carbocycles. The number of rotatable bonds is 4. The maximum absolute atomic E-state index is 12.2. The van der Waals surface area contributed by atoms with Gasteiger partial charge in [0.2, 0.25) is 0 Å². The minimum Gasteiger partial charge on any atom is -0.381 e. The number of ether oxygens (including phenoxy) is 1.